The molecule has 0 amide bonds. The van der Waals surface area contributed by atoms with Crippen LogP contribution in [0.2, 0.25) is 0 Å². The Bertz CT molecular complexity index is 1300. The summed E-state index contributed by atoms with van der Waals surface area (Å²) in [5, 5.41) is 16.9. The zero-order chi connectivity index (χ0) is 28.2. The summed E-state index contributed by atoms with van der Waals surface area (Å²) in [7, 11) is 1.54. The monoisotopic (exact) mass is 550 g/mol. The number of rotatable bonds is 11. The van der Waals surface area contributed by atoms with Crippen molar-refractivity contribution in [3.05, 3.63) is 47.5 Å². The van der Waals surface area contributed by atoms with Crippen LogP contribution in [0.5, 0.6) is 17.2 Å². The van der Waals surface area contributed by atoms with E-state index in [0.717, 1.165) is 26.5 Å². The fourth-order valence-electron chi connectivity index (χ4n) is 4.09. The Morgan fingerprint density at radius 1 is 1.15 bits per heavy atom. The van der Waals surface area contributed by atoms with Gasteiger partial charge < -0.3 is 34.7 Å². The normalized spacial score (nSPS) is 16.3. The molecule has 1 aliphatic heterocycles. The molecule has 0 radical (unpaired) electrons. The van der Waals surface area contributed by atoms with E-state index in [9.17, 15) is 18.3 Å². The molecule has 39 heavy (non-hydrogen) atoms. The molecule has 4 rings (SSSR count). The van der Waals surface area contributed by atoms with Crippen LogP contribution in [0.4, 0.5) is 19.0 Å². The van der Waals surface area contributed by atoms with E-state index in [1.165, 1.54) is 12.1 Å². The molecule has 0 saturated carbocycles. The van der Waals surface area contributed by atoms with Crippen LogP contribution in [0.25, 0.3) is 10.9 Å². The molecule has 1 saturated heterocycles. The van der Waals surface area contributed by atoms with Crippen LogP contribution in [0.3, 0.4) is 0 Å². The molecule has 1 aromatic heterocycles. The van der Waals surface area contributed by atoms with Gasteiger partial charge in [-0.1, -0.05) is 6.07 Å². The van der Waals surface area contributed by atoms with E-state index in [2.05, 4.69) is 20.6 Å². The summed E-state index contributed by atoms with van der Waals surface area (Å²) in [6, 6.07) is 6.97. The Morgan fingerprint density at radius 3 is 2.64 bits per heavy atom. The summed E-state index contributed by atoms with van der Waals surface area (Å²) in [5.74, 6) is -3.37. The molecule has 2 aromatic carbocycles. The zero-order valence-corrected chi connectivity index (χ0v) is 22.3. The van der Waals surface area contributed by atoms with Gasteiger partial charge in [0.25, 0.3) is 0 Å². The molecule has 212 valence electrons. The Morgan fingerprint density at radius 2 is 1.95 bits per heavy atom. The first-order valence-corrected chi connectivity index (χ1v) is 12.6. The van der Waals surface area contributed by atoms with Gasteiger partial charge in [0.05, 0.1) is 31.3 Å². The lowest BCUT2D eigenvalue weighted by molar-refractivity contribution is -0.170. The number of anilines is 1. The number of alkyl halides is 2. The van der Waals surface area contributed by atoms with Gasteiger partial charge in [-0.05, 0) is 39.0 Å². The lowest BCUT2D eigenvalue weighted by Crippen LogP contribution is -2.41. The minimum Gasteiger partial charge on any atom is -0.493 e. The van der Waals surface area contributed by atoms with Gasteiger partial charge >= 0.3 is 5.92 Å². The third-order valence-electron chi connectivity index (χ3n) is 6.24. The van der Waals surface area contributed by atoms with Gasteiger partial charge in [0.1, 0.15) is 36.6 Å². The van der Waals surface area contributed by atoms with Crippen LogP contribution in [0.15, 0.2) is 30.3 Å². The molecule has 0 bridgehead atoms. The maximum atomic E-state index is 14.8. The van der Waals surface area contributed by atoms with Crippen LogP contribution < -0.4 is 24.8 Å². The quantitative estimate of drug-likeness (QED) is 0.307. The number of nitrogens with one attached hydrogen (secondary N) is 2. The topological polar surface area (TPSA) is 107 Å². The SMILES string of the molecule is COc1cc2nc(C)nc(NCCOc3cccc(C(F)(F)C(C)(C)O)c3F)c2cc1OC[C@@H]1CNCCO1. The highest BCUT2D eigenvalue weighted by Gasteiger charge is 2.49. The number of hydrogen-bond acceptors (Lipinski definition) is 9. The van der Waals surface area contributed by atoms with Crippen molar-refractivity contribution >= 4 is 16.7 Å². The molecule has 2 heterocycles. The first-order valence-electron chi connectivity index (χ1n) is 12.6. The molecule has 1 atom stereocenters. The Kier molecular flexibility index (Phi) is 8.67. The van der Waals surface area contributed by atoms with Gasteiger partial charge in [-0.3, -0.25) is 0 Å². The molecular formula is C27H33F3N4O5. The average Bonchev–Trinajstić information content (AvgIpc) is 2.90. The van der Waals surface area contributed by atoms with E-state index < -0.39 is 22.9 Å². The van der Waals surface area contributed by atoms with Crippen molar-refractivity contribution in [3.8, 4) is 17.2 Å². The van der Waals surface area contributed by atoms with E-state index in [4.69, 9.17) is 18.9 Å². The Labute approximate surface area is 224 Å². The van der Waals surface area contributed by atoms with Gasteiger partial charge in [-0.2, -0.15) is 8.78 Å². The summed E-state index contributed by atoms with van der Waals surface area (Å²) < 4.78 is 66.6. The maximum Gasteiger partial charge on any atom is 0.303 e. The molecule has 3 N–H and O–H groups in total. The molecule has 12 heteroatoms. The smallest absolute Gasteiger partial charge is 0.303 e. The largest absolute Gasteiger partial charge is 0.493 e. The minimum atomic E-state index is -3.81. The van der Waals surface area contributed by atoms with Crippen molar-refractivity contribution in [2.45, 2.75) is 38.4 Å². The number of hydrogen-bond donors (Lipinski definition) is 3. The highest BCUT2D eigenvalue weighted by atomic mass is 19.3. The molecular weight excluding hydrogens is 517 g/mol. The summed E-state index contributed by atoms with van der Waals surface area (Å²) in [4.78, 5) is 8.96. The number of benzene rings is 2. The second-order valence-corrected chi connectivity index (χ2v) is 9.67. The lowest BCUT2D eigenvalue weighted by Gasteiger charge is -2.29. The van der Waals surface area contributed by atoms with Crippen molar-refractivity contribution < 1.29 is 37.2 Å². The highest BCUT2D eigenvalue weighted by Crippen LogP contribution is 2.41. The number of nitrogens with zero attached hydrogens (tertiary/aromatic N) is 2. The van der Waals surface area contributed by atoms with E-state index >= 15 is 0 Å². The minimum absolute atomic E-state index is 0.0511. The van der Waals surface area contributed by atoms with E-state index in [1.54, 1.807) is 26.2 Å². The average molecular weight is 551 g/mol. The highest BCUT2D eigenvalue weighted by molar-refractivity contribution is 5.91. The Hall–Kier alpha value is -3.35. The molecule has 0 unspecified atom stereocenters. The number of halogens is 3. The van der Waals surface area contributed by atoms with Crippen molar-refractivity contribution in [2.24, 2.45) is 0 Å². The number of methoxy groups -OCH3 is 1. The van der Waals surface area contributed by atoms with Crippen LogP contribution in [-0.4, -0.2) is 73.3 Å². The fourth-order valence-corrected chi connectivity index (χ4v) is 4.09. The number of fused-ring (bicyclic) bond motifs is 1. The number of aryl methyl sites for hydroxylation is 1. The van der Waals surface area contributed by atoms with Gasteiger partial charge in [-0.25, -0.2) is 14.4 Å². The summed E-state index contributed by atoms with van der Waals surface area (Å²) in [6.45, 7) is 6.15. The molecule has 3 aromatic rings. The number of ether oxygens (including phenoxy) is 4. The van der Waals surface area contributed by atoms with Crippen molar-refractivity contribution in [2.75, 3.05) is 51.9 Å². The fraction of sp³-hybridized carbons (Fsp3) is 0.481. The van der Waals surface area contributed by atoms with E-state index in [-0.39, 0.29) is 25.0 Å². The van der Waals surface area contributed by atoms with Gasteiger partial charge in [0, 0.05) is 24.5 Å². The van der Waals surface area contributed by atoms with Crippen molar-refractivity contribution in [1.82, 2.24) is 15.3 Å². The summed E-state index contributed by atoms with van der Waals surface area (Å²) >= 11 is 0. The molecule has 0 aliphatic carbocycles. The number of aromatic nitrogens is 2. The van der Waals surface area contributed by atoms with Crippen LogP contribution in [-0.2, 0) is 10.7 Å². The van der Waals surface area contributed by atoms with Gasteiger partial charge in [0.2, 0.25) is 0 Å². The zero-order valence-electron chi connectivity index (χ0n) is 22.3. The molecule has 9 nitrogen and oxygen atoms in total. The first kappa shape index (κ1) is 28.7. The van der Waals surface area contributed by atoms with Crippen LogP contribution >= 0.6 is 0 Å². The summed E-state index contributed by atoms with van der Waals surface area (Å²) in [6.07, 6.45) is -0.0922. The van der Waals surface area contributed by atoms with Gasteiger partial charge in [-0.15, -0.1) is 0 Å². The molecule has 0 spiro atoms. The third kappa shape index (κ3) is 6.45. The predicted octanol–water partition coefficient (Wildman–Crippen LogP) is 3.81. The number of morpholine rings is 1. The maximum absolute atomic E-state index is 14.8. The van der Waals surface area contributed by atoms with Gasteiger partial charge in [0.15, 0.2) is 23.1 Å². The summed E-state index contributed by atoms with van der Waals surface area (Å²) in [5.41, 5.74) is -2.77. The second kappa shape index (κ2) is 11.8. The van der Waals surface area contributed by atoms with Crippen LogP contribution in [0.1, 0.15) is 25.2 Å². The predicted molar refractivity (Wildman–Crippen MR) is 140 cm³/mol. The van der Waals surface area contributed by atoms with E-state index in [1.807, 2.05) is 0 Å². The molecule has 1 fully saturated rings. The third-order valence-corrected chi connectivity index (χ3v) is 6.24. The van der Waals surface area contributed by atoms with Crippen LogP contribution in [0, 0.1) is 12.7 Å². The first-order chi connectivity index (χ1) is 18.5. The standard InChI is InChI=1S/C27H33F3N4O5/c1-16-33-20-13-22(36-4)23(39-15-17-14-31-8-10-37-17)12-18(20)25(34-16)32-9-11-38-21-7-5-6-19(24(21)28)27(29,30)26(2,3)35/h5-7,12-13,17,31,35H,8-11,14-15H2,1-4H3,(H,32,33,34)/t17-/m0/s1. The van der Waals surface area contributed by atoms with E-state index in [0.29, 0.717) is 53.8 Å². The second-order valence-electron chi connectivity index (χ2n) is 9.67. The van der Waals surface area contributed by atoms with Crippen molar-refractivity contribution in [1.29, 1.82) is 0 Å². The Balaban J connectivity index is 1.47. The lowest BCUT2D eigenvalue weighted by atomic mass is 9.93. The molecule has 1 aliphatic rings. The number of aliphatic hydroxyl groups is 1. The van der Waals surface area contributed by atoms with Crippen molar-refractivity contribution in [3.63, 3.8) is 0 Å².